The fraction of sp³-hybridized carbons (Fsp3) is 0.538. The van der Waals surface area contributed by atoms with E-state index in [0.717, 1.165) is 38.4 Å². The molecule has 1 heterocycles. The molecule has 17 heavy (non-hydrogen) atoms. The molecule has 0 aliphatic carbocycles. The van der Waals surface area contributed by atoms with E-state index in [1.54, 1.807) is 12.1 Å². The van der Waals surface area contributed by atoms with E-state index in [2.05, 4.69) is 4.90 Å². The molecule has 0 bridgehead atoms. The second-order valence-electron chi connectivity index (χ2n) is 4.31. The zero-order valence-electron chi connectivity index (χ0n) is 9.81. The van der Waals surface area contributed by atoms with E-state index < -0.39 is 6.10 Å². The summed E-state index contributed by atoms with van der Waals surface area (Å²) >= 11 is 0. The minimum Gasteiger partial charge on any atom is -0.388 e. The monoisotopic (exact) mass is 239 g/mol. The minimum absolute atomic E-state index is 0.269. The number of aliphatic hydroxyl groups is 1. The fourth-order valence-corrected chi connectivity index (χ4v) is 1.98. The number of nitrogens with zero attached hydrogens (tertiary/aromatic N) is 1. The highest BCUT2D eigenvalue weighted by molar-refractivity contribution is 5.18. The molecule has 4 heteroatoms. The van der Waals surface area contributed by atoms with E-state index in [1.807, 2.05) is 0 Å². The SMILES string of the molecule is OC(CCN1CCOCC1)c1ccc(F)cc1. The Morgan fingerprint density at radius 3 is 2.53 bits per heavy atom. The number of halogens is 1. The quantitative estimate of drug-likeness (QED) is 0.866. The molecule has 0 radical (unpaired) electrons. The number of aliphatic hydroxyl groups excluding tert-OH is 1. The van der Waals surface area contributed by atoms with Crippen LogP contribution in [-0.2, 0) is 4.74 Å². The molecule has 1 saturated heterocycles. The van der Waals surface area contributed by atoms with Crippen LogP contribution < -0.4 is 0 Å². The summed E-state index contributed by atoms with van der Waals surface area (Å²) in [5.74, 6) is -0.269. The molecule has 1 atom stereocenters. The molecule has 2 rings (SSSR count). The van der Waals surface area contributed by atoms with Gasteiger partial charge in [0, 0.05) is 19.6 Å². The number of rotatable bonds is 4. The van der Waals surface area contributed by atoms with E-state index in [1.165, 1.54) is 12.1 Å². The van der Waals surface area contributed by atoms with Crippen LogP contribution in [0.25, 0.3) is 0 Å². The normalized spacial score (nSPS) is 19.2. The van der Waals surface area contributed by atoms with E-state index in [4.69, 9.17) is 4.74 Å². The summed E-state index contributed by atoms with van der Waals surface area (Å²) in [7, 11) is 0. The minimum atomic E-state index is -0.515. The maximum absolute atomic E-state index is 12.7. The summed E-state index contributed by atoms with van der Waals surface area (Å²) in [6.07, 6.45) is 0.157. The summed E-state index contributed by atoms with van der Waals surface area (Å²) < 4.78 is 18.0. The zero-order chi connectivity index (χ0) is 12.1. The van der Waals surface area contributed by atoms with Crippen molar-refractivity contribution >= 4 is 0 Å². The molecule has 0 saturated carbocycles. The summed E-state index contributed by atoms with van der Waals surface area (Å²) in [6, 6.07) is 6.04. The van der Waals surface area contributed by atoms with Gasteiger partial charge in [0.2, 0.25) is 0 Å². The van der Waals surface area contributed by atoms with E-state index in [0.29, 0.717) is 6.42 Å². The van der Waals surface area contributed by atoms with Crippen molar-refractivity contribution in [1.29, 1.82) is 0 Å². The molecule has 0 spiro atoms. The number of morpholine rings is 1. The second-order valence-corrected chi connectivity index (χ2v) is 4.31. The van der Waals surface area contributed by atoms with E-state index >= 15 is 0 Å². The van der Waals surface area contributed by atoms with Crippen molar-refractivity contribution in [2.75, 3.05) is 32.8 Å². The van der Waals surface area contributed by atoms with Gasteiger partial charge in [0.05, 0.1) is 19.3 Å². The lowest BCUT2D eigenvalue weighted by Gasteiger charge is -2.27. The first-order chi connectivity index (χ1) is 8.25. The van der Waals surface area contributed by atoms with Gasteiger partial charge in [0.1, 0.15) is 5.82 Å². The van der Waals surface area contributed by atoms with Crippen LogP contribution >= 0.6 is 0 Å². The van der Waals surface area contributed by atoms with Crippen molar-refractivity contribution in [2.24, 2.45) is 0 Å². The van der Waals surface area contributed by atoms with Crippen LogP contribution in [0.2, 0.25) is 0 Å². The van der Waals surface area contributed by atoms with Crippen LogP contribution in [0.15, 0.2) is 24.3 Å². The molecule has 1 unspecified atom stereocenters. The van der Waals surface area contributed by atoms with Crippen LogP contribution in [0.5, 0.6) is 0 Å². The van der Waals surface area contributed by atoms with Crippen molar-refractivity contribution in [3.8, 4) is 0 Å². The Labute approximate surface area is 101 Å². The molecule has 1 aromatic carbocycles. The van der Waals surface area contributed by atoms with Crippen molar-refractivity contribution < 1.29 is 14.2 Å². The molecule has 1 N–H and O–H groups in total. The van der Waals surface area contributed by atoms with Gasteiger partial charge in [-0.2, -0.15) is 0 Å². The lowest BCUT2D eigenvalue weighted by Crippen LogP contribution is -2.37. The molecule has 1 aliphatic heterocycles. The molecular formula is C13H18FNO2. The Kier molecular flexibility index (Phi) is 4.48. The van der Waals surface area contributed by atoms with Crippen LogP contribution in [-0.4, -0.2) is 42.9 Å². The Bertz CT molecular complexity index is 336. The first-order valence-corrected chi connectivity index (χ1v) is 5.99. The van der Waals surface area contributed by atoms with Gasteiger partial charge in [0.25, 0.3) is 0 Å². The van der Waals surface area contributed by atoms with Gasteiger partial charge in [-0.1, -0.05) is 12.1 Å². The lowest BCUT2D eigenvalue weighted by molar-refractivity contribution is 0.0300. The van der Waals surface area contributed by atoms with Gasteiger partial charge in [-0.25, -0.2) is 4.39 Å². The van der Waals surface area contributed by atoms with Gasteiger partial charge in [-0.05, 0) is 24.1 Å². The van der Waals surface area contributed by atoms with Crippen LogP contribution in [0.1, 0.15) is 18.1 Å². The average Bonchev–Trinajstić information content (AvgIpc) is 2.38. The first-order valence-electron chi connectivity index (χ1n) is 5.99. The summed E-state index contributed by atoms with van der Waals surface area (Å²) in [6.45, 7) is 4.24. The Hall–Kier alpha value is -0.970. The molecule has 3 nitrogen and oxygen atoms in total. The average molecular weight is 239 g/mol. The third-order valence-corrected chi connectivity index (χ3v) is 3.08. The number of hydrogen-bond donors (Lipinski definition) is 1. The highest BCUT2D eigenvalue weighted by Gasteiger charge is 2.13. The smallest absolute Gasteiger partial charge is 0.123 e. The van der Waals surface area contributed by atoms with Gasteiger partial charge < -0.3 is 9.84 Å². The van der Waals surface area contributed by atoms with Crippen molar-refractivity contribution in [3.05, 3.63) is 35.6 Å². The second kappa shape index (κ2) is 6.10. The standard InChI is InChI=1S/C13H18FNO2/c14-12-3-1-11(2-4-12)13(16)5-6-15-7-9-17-10-8-15/h1-4,13,16H,5-10H2. The maximum Gasteiger partial charge on any atom is 0.123 e. The third kappa shape index (κ3) is 3.77. The molecule has 1 aromatic rings. The molecular weight excluding hydrogens is 221 g/mol. The third-order valence-electron chi connectivity index (χ3n) is 3.08. The summed E-state index contributed by atoms with van der Waals surface area (Å²) in [5.41, 5.74) is 0.777. The molecule has 1 fully saturated rings. The molecule has 1 aliphatic rings. The predicted molar refractivity (Wildman–Crippen MR) is 63.2 cm³/mol. The molecule has 0 aromatic heterocycles. The molecule has 94 valence electrons. The predicted octanol–water partition coefficient (Wildman–Crippen LogP) is 1.58. The Morgan fingerprint density at radius 1 is 1.24 bits per heavy atom. The van der Waals surface area contributed by atoms with Crippen LogP contribution in [0.4, 0.5) is 4.39 Å². The topological polar surface area (TPSA) is 32.7 Å². The lowest BCUT2D eigenvalue weighted by atomic mass is 10.1. The zero-order valence-corrected chi connectivity index (χ0v) is 9.81. The largest absolute Gasteiger partial charge is 0.388 e. The number of hydrogen-bond acceptors (Lipinski definition) is 3. The Morgan fingerprint density at radius 2 is 1.88 bits per heavy atom. The highest BCUT2D eigenvalue weighted by Crippen LogP contribution is 2.17. The van der Waals surface area contributed by atoms with E-state index in [9.17, 15) is 9.50 Å². The molecule has 0 amide bonds. The van der Waals surface area contributed by atoms with Gasteiger partial charge in [-0.15, -0.1) is 0 Å². The van der Waals surface area contributed by atoms with Gasteiger partial charge >= 0.3 is 0 Å². The van der Waals surface area contributed by atoms with Crippen LogP contribution in [0.3, 0.4) is 0 Å². The fourth-order valence-electron chi connectivity index (χ4n) is 1.98. The van der Waals surface area contributed by atoms with Crippen molar-refractivity contribution in [2.45, 2.75) is 12.5 Å². The van der Waals surface area contributed by atoms with Crippen molar-refractivity contribution in [1.82, 2.24) is 4.90 Å². The van der Waals surface area contributed by atoms with Gasteiger partial charge in [0.15, 0.2) is 0 Å². The summed E-state index contributed by atoms with van der Waals surface area (Å²) in [4.78, 5) is 2.27. The van der Waals surface area contributed by atoms with Crippen LogP contribution in [0, 0.1) is 5.82 Å². The highest BCUT2D eigenvalue weighted by atomic mass is 19.1. The van der Waals surface area contributed by atoms with E-state index in [-0.39, 0.29) is 5.82 Å². The maximum atomic E-state index is 12.7. The summed E-state index contributed by atoms with van der Waals surface area (Å²) in [5, 5.41) is 9.96. The van der Waals surface area contributed by atoms with Crippen molar-refractivity contribution in [3.63, 3.8) is 0 Å². The Balaban J connectivity index is 1.80. The first kappa shape index (κ1) is 12.5. The van der Waals surface area contributed by atoms with Gasteiger partial charge in [-0.3, -0.25) is 4.90 Å². The number of ether oxygens (including phenoxy) is 1. The number of benzene rings is 1.